The number of pyridine rings is 1. The molecule has 1 N–H and O–H groups in total. The average Bonchev–Trinajstić information content (AvgIpc) is 2.39. The van der Waals surface area contributed by atoms with Crippen LogP contribution in [0.4, 0.5) is 0 Å². The van der Waals surface area contributed by atoms with Crippen molar-refractivity contribution in [2.75, 3.05) is 0 Å². The molecule has 88 valence electrons. The number of halogens is 1. The normalized spacial score (nSPS) is 10.7. The molecule has 1 heterocycles. The number of hydrogen-bond acceptors (Lipinski definition) is 1. The molecule has 1 aromatic heterocycles. The van der Waals surface area contributed by atoms with Gasteiger partial charge in [-0.1, -0.05) is 36.4 Å². The van der Waals surface area contributed by atoms with Crippen LogP contribution in [-0.2, 0) is 0 Å². The van der Waals surface area contributed by atoms with E-state index in [0.717, 1.165) is 20.0 Å². The summed E-state index contributed by atoms with van der Waals surface area (Å²) in [5.41, 5.74) is 2.50. The van der Waals surface area contributed by atoms with Gasteiger partial charge < -0.3 is 4.98 Å². The fourth-order valence-electron chi connectivity index (χ4n) is 2.02. The lowest BCUT2D eigenvalue weighted by molar-refractivity contribution is 1.30. The predicted octanol–water partition coefficient (Wildman–Crippen LogP) is 3.80. The van der Waals surface area contributed by atoms with Crippen LogP contribution in [0.15, 0.2) is 59.4 Å². The van der Waals surface area contributed by atoms with Gasteiger partial charge in [0.15, 0.2) is 0 Å². The zero-order valence-corrected chi connectivity index (χ0v) is 11.6. The Kier molecular flexibility index (Phi) is 2.91. The van der Waals surface area contributed by atoms with Gasteiger partial charge in [-0.15, -0.1) is 0 Å². The van der Waals surface area contributed by atoms with Crippen molar-refractivity contribution in [2.45, 2.75) is 0 Å². The van der Waals surface area contributed by atoms with E-state index in [0.29, 0.717) is 5.56 Å². The second kappa shape index (κ2) is 4.57. The predicted molar refractivity (Wildman–Crippen MR) is 82.7 cm³/mol. The van der Waals surface area contributed by atoms with E-state index in [4.69, 9.17) is 0 Å². The van der Waals surface area contributed by atoms with Crippen LogP contribution in [0.2, 0.25) is 0 Å². The Bertz CT molecular complexity index is 762. The van der Waals surface area contributed by atoms with Gasteiger partial charge in [-0.3, -0.25) is 4.79 Å². The Morgan fingerprint density at radius 3 is 2.50 bits per heavy atom. The van der Waals surface area contributed by atoms with E-state index in [1.54, 1.807) is 0 Å². The summed E-state index contributed by atoms with van der Waals surface area (Å²) in [4.78, 5) is 15.0. The van der Waals surface area contributed by atoms with Gasteiger partial charge in [0, 0.05) is 20.0 Å². The largest absolute Gasteiger partial charge is 0.321 e. The van der Waals surface area contributed by atoms with Crippen LogP contribution >= 0.6 is 22.6 Å². The molecule has 3 aromatic rings. The number of aromatic nitrogens is 1. The van der Waals surface area contributed by atoms with Crippen molar-refractivity contribution in [2.24, 2.45) is 0 Å². The van der Waals surface area contributed by atoms with Crippen molar-refractivity contribution in [3.05, 3.63) is 68.5 Å². The van der Waals surface area contributed by atoms with Crippen molar-refractivity contribution in [3.8, 4) is 11.1 Å². The van der Waals surface area contributed by atoms with Gasteiger partial charge in [-0.25, -0.2) is 0 Å². The quantitative estimate of drug-likeness (QED) is 0.668. The molecular weight excluding hydrogens is 337 g/mol. The average molecular weight is 347 g/mol. The Morgan fingerprint density at radius 1 is 0.944 bits per heavy atom. The lowest BCUT2D eigenvalue weighted by Crippen LogP contribution is -2.08. The van der Waals surface area contributed by atoms with Crippen LogP contribution in [0.25, 0.3) is 22.0 Å². The maximum atomic E-state index is 12.1. The van der Waals surface area contributed by atoms with Gasteiger partial charge in [0.2, 0.25) is 0 Å². The Labute approximate surface area is 118 Å². The number of nitrogens with one attached hydrogen (secondary N) is 1. The van der Waals surface area contributed by atoms with Crippen LogP contribution in [0, 0.1) is 3.57 Å². The molecule has 0 amide bonds. The third kappa shape index (κ3) is 1.95. The number of benzene rings is 2. The number of aromatic amines is 1. The van der Waals surface area contributed by atoms with E-state index in [-0.39, 0.29) is 5.56 Å². The summed E-state index contributed by atoms with van der Waals surface area (Å²) in [5.74, 6) is 0. The molecule has 0 unspecified atom stereocenters. The molecule has 0 saturated heterocycles. The lowest BCUT2D eigenvalue weighted by Gasteiger charge is -2.04. The molecule has 0 bridgehead atoms. The van der Waals surface area contributed by atoms with Gasteiger partial charge in [-0.2, -0.15) is 0 Å². The minimum atomic E-state index is -0.0456. The molecule has 2 nitrogen and oxygen atoms in total. The topological polar surface area (TPSA) is 32.9 Å². The first kappa shape index (κ1) is 11.5. The van der Waals surface area contributed by atoms with Gasteiger partial charge in [0.1, 0.15) is 0 Å². The van der Waals surface area contributed by atoms with Crippen LogP contribution in [-0.4, -0.2) is 4.98 Å². The zero-order chi connectivity index (χ0) is 12.5. The van der Waals surface area contributed by atoms with Crippen molar-refractivity contribution < 1.29 is 0 Å². The molecule has 0 fully saturated rings. The second-order valence-electron chi connectivity index (χ2n) is 4.08. The highest BCUT2D eigenvalue weighted by molar-refractivity contribution is 14.1. The van der Waals surface area contributed by atoms with E-state index in [2.05, 4.69) is 27.6 Å². The maximum absolute atomic E-state index is 12.1. The van der Waals surface area contributed by atoms with Crippen LogP contribution < -0.4 is 5.56 Å². The monoisotopic (exact) mass is 347 g/mol. The van der Waals surface area contributed by atoms with Crippen LogP contribution in [0.3, 0.4) is 0 Å². The summed E-state index contributed by atoms with van der Waals surface area (Å²) in [7, 11) is 0. The molecule has 3 heteroatoms. The highest BCUT2D eigenvalue weighted by Gasteiger charge is 2.06. The highest BCUT2D eigenvalue weighted by Crippen LogP contribution is 2.22. The van der Waals surface area contributed by atoms with Crippen molar-refractivity contribution in [1.29, 1.82) is 0 Å². The highest BCUT2D eigenvalue weighted by atomic mass is 127. The van der Waals surface area contributed by atoms with Crippen LogP contribution in [0.5, 0.6) is 0 Å². The number of H-pyrrole nitrogens is 1. The van der Waals surface area contributed by atoms with Gasteiger partial charge in [0.25, 0.3) is 5.56 Å². The fourth-order valence-corrected chi connectivity index (χ4v) is 2.68. The Morgan fingerprint density at radius 2 is 1.72 bits per heavy atom. The molecule has 0 aliphatic heterocycles. The third-order valence-corrected chi connectivity index (χ3v) is 3.86. The molecule has 0 aliphatic carbocycles. The van der Waals surface area contributed by atoms with Crippen molar-refractivity contribution in [1.82, 2.24) is 4.98 Å². The smallest absolute Gasteiger partial charge is 0.256 e. The molecule has 0 saturated carbocycles. The molecule has 2 aromatic carbocycles. The van der Waals surface area contributed by atoms with E-state index < -0.39 is 0 Å². The summed E-state index contributed by atoms with van der Waals surface area (Å²) in [6, 6.07) is 17.6. The first-order chi connectivity index (χ1) is 8.75. The summed E-state index contributed by atoms with van der Waals surface area (Å²) in [6.45, 7) is 0. The molecule has 0 atom stereocenters. The van der Waals surface area contributed by atoms with Crippen molar-refractivity contribution >= 4 is 33.5 Å². The minimum absolute atomic E-state index is 0.0456. The summed E-state index contributed by atoms with van der Waals surface area (Å²) in [6.07, 6.45) is 0. The Balaban J connectivity index is 2.35. The van der Waals surface area contributed by atoms with Crippen LogP contribution in [0.1, 0.15) is 0 Å². The Hall–Kier alpha value is -1.62. The molecule has 0 radical (unpaired) electrons. The summed E-state index contributed by atoms with van der Waals surface area (Å²) < 4.78 is 1.14. The van der Waals surface area contributed by atoms with E-state index in [9.17, 15) is 4.79 Å². The minimum Gasteiger partial charge on any atom is -0.321 e. The van der Waals surface area contributed by atoms with E-state index >= 15 is 0 Å². The first-order valence-corrected chi connectivity index (χ1v) is 6.70. The van der Waals surface area contributed by atoms with Gasteiger partial charge >= 0.3 is 0 Å². The first-order valence-electron chi connectivity index (χ1n) is 5.63. The molecule has 0 aliphatic rings. The zero-order valence-electron chi connectivity index (χ0n) is 9.48. The third-order valence-electron chi connectivity index (χ3n) is 2.92. The van der Waals surface area contributed by atoms with E-state index in [1.807, 2.05) is 54.6 Å². The molecule has 18 heavy (non-hydrogen) atoms. The molecular formula is C15H10INO. The lowest BCUT2D eigenvalue weighted by atomic mass is 10.1. The fraction of sp³-hybridized carbons (Fsp3) is 0. The number of fused-ring (bicyclic) bond motifs is 1. The molecule has 0 spiro atoms. The maximum Gasteiger partial charge on any atom is 0.256 e. The van der Waals surface area contributed by atoms with Crippen molar-refractivity contribution in [3.63, 3.8) is 0 Å². The van der Waals surface area contributed by atoms with Gasteiger partial charge in [-0.05, 0) is 46.4 Å². The van der Waals surface area contributed by atoms with Gasteiger partial charge in [0.05, 0.1) is 0 Å². The second-order valence-corrected chi connectivity index (χ2v) is 5.24. The summed E-state index contributed by atoms with van der Waals surface area (Å²) >= 11 is 2.28. The van der Waals surface area contributed by atoms with E-state index in [1.165, 1.54) is 0 Å². The number of rotatable bonds is 1. The summed E-state index contributed by atoms with van der Waals surface area (Å²) in [5, 5.41) is 1.08. The molecule has 3 rings (SSSR count). The standard InChI is InChI=1S/C15H10INO/c16-13-7-4-8-14-12(13)9-11(15(18)17-14)10-5-2-1-3-6-10/h1-9H,(H,17,18). The number of hydrogen-bond donors (Lipinski definition) is 1. The SMILES string of the molecule is O=c1[nH]c2cccc(I)c2cc1-c1ccccc1.